The molecule has 2 heterocycles. The molecule has 0 aliphatic carbocycles. The third kappa shape index (κ3) is 2.65. The van der Waals surface area contributed by atoms with Crippen LogP contribution in [0, 0.1) is 0 Å². The van der Waals surface area contributed by atoms with E-state index in [0.29, 0.717) is 13.0 Å². The fourth-order valence-corrected chi connectivity index (χ4v) is 4.58. The lowest BCUT2D eigenvalue weighted by molar-refractivity contribution is 0.243. The average Bonchev–Trinajstić information content (AvgIpc) is 2.77. The van der Waals surface area contributed by atoms with Gasteiger partial charge in [0.25, 0.3) is 0 Å². The van der Waals surface area contributed by atoms with Gasteiger partial charge in [-0.3, -0.25) is 4.90 Å². The van der Waals surface area contributed by atoms with Crippen LogP contribution < -0.4 is 10.2 Å². The molecule has 5 nitrogen and oxygen atoms in total. The summed E-state index contributed by atoms with van der Waals surface area (Å²) in [5.41, 5.74) is 2.12. The Morgan fingerprint density at radius 1 is 1.30 bits per heavy atom. The van der Waals surface area contributed by atoms with Crippen molar-refractivity contribution in [3.63, 3.8) is 0 Å². The van der Waals surface area contributed by atoms with Crippen LogP contribution in [0.1, 0.15) is 18.4 Å². The number of fused-ring (bicyclic) bond motifs is 1. The van der Waals surface area contributed by atoms with Crippen LogP contribution in [0.2, 0.25) is 0 Å². The van der Waals surface area contributed by atoms with Crippen LogP contribution >= 0.6 is 0 Å². The number of hydrogen-bond acceptors (Lipinski definition) is 3. The van der Waals surface area contributed by atoms with E-state index in [1.165, 1.54) is 5.56 Å². The summed E-state index contributed by atoms with van der Waals surface area (Å²) in [5, 5.41) is 2.85. The largest absolute Gasteiger partial charge is 0.334 e. The number of amides is 2. The summed E-state index contributed by atoms with van der Waals surface area (Å²) in [7, 11) is -2.97. The number of carbonyl (C=O) groups is 1. The van der Waals surface area contributed by atoms with E-state index in [1.807, 2.05) is 24.3 Å². The number of benzene rings is 1. The summed E-state index contributed by atoms with van der Waals surface area (Å²) in [4.78, 5) is 14.1. The van der Waals surface area contributed by atoms with E-state index in [9.17, 15) is 13.2 Å². The number of sulfone groups is 1. The number of anilines is 1. The van der Waals surface area contributed by atoms with E-state index < -0.39 is 9.84 Å². The van der Waals surface area contributed by atoms with Gasteiger partial charge in [0.1, 0.15) is 0 Å². The maximum Gasteiger partial charge on any atom is 0.322 e. The van der Waals surface area contributed by atoms with E-state index >= 15 is 0 Å². The van der Waals surface area contributed by atoms with Gasteiger partial charge < -0.3 is 5.32 Å². The van der Waals surface area contributed by atoms with Crippen LogP contribution in [-0.4, -0.2) is 38.5 Å². The van der Waals surface area contributed by atoms with Crippen molar-refractivity contribution < 1.29 is 13.2 Å². The van der Waals surface area contributed by atoms with Crippen molar-refractivity contribution in [3.8, 4) is 0 Å². The molecule has 1 fully saturated rings. The summed E-state index contributed by atoms with van der Waals surface area (Å²) in [6.45, 7) is 0.683. The Morgan fingerprint density at radius 3 is 2.85 bits per heavy atom. The first-order valence-electron chi connectivity index (χ1n) is 6.91. The molecule has 1 saturated heterocycles. The SMILES string of the molecule is O=C(NC1CCS(=O)(=O)C1)N1CCCc2ccccc21. The van der Waals surface area contributed by atoms with Crippen molar-refractivity contribution in [1.82, 2.24) is 5.32 Å². The van der Waals surface area contributed by atoms with Crippen molar-refractivity contribution in [2.24, 2.45) is 0 Å². The Balaban J connectivity index is 1.73. The van der Waals surface area contributed by atoms with Gasteiger partial charge in [0, 0.05) is 18.3 Å². The predicted octanol–water partition coefficient (Wildman–Crippen LogP) is 1.34. The number of urea groups is 1. The Kier molecular flexibility index (Phi) is 3.41. The van der Waals surface area contributed by atoms with Gasteiger partial charge >= 0.3 is 6.03 Å². The molecule has 2 aliphatic heterocycles. The molecule has 1 unspecified atom stereocenters. The number of carbonyl (C=O) groups excluding carboxylic acids is 1. The van der Waals surface area contributed by atoms with Crippen LogP contribution in [0.25, 0.3) is 0 Å². The number of hydrogen-bond donors (Lipinski definition) is 1. The lowest BCUT2D eigenvalue weighted by atomic mass is 10.0. The molecular weight excluding hydrogens is 276 g/mol. The van der Waals surface area contributed by atoms with E-state index in [4.69, 9.17) is 0 Å². The topological polar surface area (TPSA) is 66.5 Å². The lowest BCUT2D eigenvalue weighted by Crippen LogP contribution is -2.47. The molecule has 108 valence electrons. The van der Waals surface area contributed by atoms with Gasteiger partial charge in [-0.2, -0.15) is 0 Å². The molecule has 1 aromatic rings. The Morgan fingerprint density at radius 2 is 2.10 bits per heavy atom. The van der Waals surface area contributed by atoms with Crippen LogP contribution in [0.15, 0.2) is 24.3 Å². The highest BCUT2D eigenvalue weighted by Gasteiger charge is 2.31. The Hall–Kier alpha value is -1.56. The highest BCUT2D eigenvalue weighted by molar-refractivity contribution is 7.91. The van der Waals surface area contributed by atoms with E-state index in [-0.39, 0.29) is 23.6 Å². The fraction of sp³-hybridized carbons (Fsp3) is 0.500. The Bertz CT molecular complexity index is 627. The van der Waals surface area contributed by atoms with Crippen molar-refractivity contribution in [2.45, 2.75) is 25.3 Å². The summed E-state index contributed by atoms with van der Waals surface area (Å²) >= 11 is 0. The minimum absolute atomic E-state index is 0.0637. The third-order valence-corrected chi connectivity index (χ3v) is 5.68. The second kappa shape index (κ2) is 5.09. The molecular formula is C14H18N2O3S. The fourth-order valence-electron chi connectivity index (χ4n) is 2.91. The van der Waals surface area contributed by atoms with Gasteiger partial charge in [-0.15, -0.1) is 0 Å². The molecule has 0 aromatic heterocycles. The van der Waals surface area contributed by atoms with E-state index in [0.717, 1.165) is 18.5 Å². The third-order valence-electron chi connectivity index (χ3n) is 3.92. The second-order valence-electron chi connectivity index (χ2n) is 5.43. The van der Waals surface area contributed by atoms with E-state index in [1.54, 1.807) is 4.90 Å². The molecule has 1 N–H and O–H groups in total. The zero-order chi connectivity index (χ0) is 14.2. The lowest BCUT2D eigenvalue weighted by Gasteiger charge is -2.30. The normalized spacial score (nSPS) is 24.2. The first kappa shape index (κ1) is 13.4. The summed E-state index contributed by atoms with van der Waals surface area (Å²) < 4.78 is 22.9. The maximum absolute atomic E-state index is 12.3. The smallest absolute Gasteiger partial charge is 0.322 e. The average molecular weight is 294 g/mol. The van der Waals surface area contributed by atoms with Crippen LogP contribution in [-0.2, 0) is 16.3 Å². The maximum atomic E-state index is 12.3. The van der Waals surface area contributed by atoms with Crippen molar-refractivity contribution in [1.29, 1.82) is 0 Å². The first-order chi connectivity index (χ1) is 9.55. The molecule has 0 spiro atoms. The van der Waals surface area contributed by atoms with E-state index in [2.05, 4.69) is 5.32 Å². The van der Waals surface area contributed by atoms with Gasteiger partial charge in [-0.05, 0) is 30.9 Å². The van der Waals surface area contributed by atoms with Crippen molar-refractivity contribution >= 4 is 21.6 Å². The second-order valence-corrected chi connectivity index (χ2v) is 7.66. The van der Waals surface area contributed by atoms with Crippen LogP contribution in [0.5, 0.6) is 0 Å². The number of aryl methyl sites for hydroxylation is 1. The zero-order valence-electron chi connectivity index (χ0n) is 11.2. The minimum Gasteiger partial charge on any atom is -0.334 e. The van der Waals surface area contributed by atoms with Crippen molar-refractivity contribution in [2.75, 3.05) is 23.0 Å². The molecule has 6 heteroatoms. The molecule has 0 bridgehead atoms. The standard InChI is InChI=1S/C14H18N2O3S/c17-14(15-12-7-9-20(18,19)10-12)16-8-3-5-11-4-1-2-6-13(11)16/h1-2,4,6,12H,3,5,7-10H2,(H,15,17). The van der Waals surface area contributed by atoms with Gasteiger partial charge in [-0.1, -0.05) is 18.2 Å². The van der Waals surface area contributed by atoms with Gasteiger partial charge in [0.05, 0.1) is 11.5 Å². The number of rotatable bonds is 1. The van der Waals surface area contributed by atoms with Crippen molar-refractivity contribution in [3.05, 3.63) is 29.8 Å². The molecule has 2 aliphatic rings. The summed E-state index contributed by atoms with van der Waals surface area (Å²) in [5.74, 6) is 0.239. The number of nitrogens with zero attached hydrogens (tertiary/aromatic N) is 1. The highest BCUT2D eigenvalue weighted by atomic mass is 32.2. The van der Waals surface area contributed by atoms with Gasteiger partial charge in [0.15, 0.2) is 9.84 Å². The summed E-state index contributed by atoms with van der Waals surface area (Å²) in [6, 6.07) is 7.45. The van der Waals surface area contributed by atoms with Crippen LogP contribution in [0.4, 0.5) is 10.5 Å². The molecule has 3 rings (SSSR count). The highest BCUT2D eigenvalue weighted by Crippen LogP contribution is 2.26. The molecule has 2 amide bonds. The first-order valence-corrected chi connectivity index (χ1v) is 8.74. The van der Waals surface area contributed by atoms with Gasteiger partial charge in [-0.25, -0.2) is 13.2 Å². The molecule has 1 atom stereocenters. The van der Waals surface area contributed by atoms with Crippen LogP contribution in [0.3, 0.4) is 0 Å². The Labute approximate surface area is 118 Å². The molecule has 0 radical (unpaired) electrons. The van der Waals surface area contributed by atoms with Gasteiger partial charge in [0.2, 0.25) is 0 Å². The zero-order valence-corrected chi connectivity index (χ0v) is 12.0. The molecule has 0 saturated carbocycles. The molecule has 20 heavy (non-hydrogen) atoms. The number of nitrogens with one attached hydrogen (secondary N) is 1. The monoisotopic (exact) mass is 294 g/mol. The molecule has 1 aromatic carbocycles. The number of para-hydroxylation sites is 1. The minimum atomic E-state index is -2.97. The predicted molar refractivity (Wildman–Crippen MR) is 77.7 cm³/mol. The quantitative estimate of drug-likeness (QED) is 0.850. The summed E-state index contributed by atoms with van der Waals surface area (Å²) in [6.07, 6.45) is 2.44.